The van der Waals surface area contributed by atoms with Gasteiger partial charge in [0.1, 0.15) is 6.33 Å². The van der Waals surface area contributed by atoms with Crippen LogP contribution in [0.5, 0.6) is 0 Å². The third-order valence-corrected chi connectivity index (χ3v) is 5.26. The molecular weight excluding hydrogens is 310 g/mol. The molecule has 0 N–H and O–H groups in total. The standard InChI is InChI=1S/C15H19N7S/c1-3-21-10-18-13-14(21)16-9-17-15(13)22-4-5-23-8-12(22)11-6-19-20(2)7-11/h6-7,9-10,12H,3-5,8H2,1-2H3. The number of hydrogen-bond donors (Lipinski definition) is 0. The summed E-state index contributed by atoms with van der Waals surface area (Å²) in [5, 5.41) is 4.33. The van der Waals surface area contributed by atoms with E-state index in [1.807, 2.05) is 36.0 Å². The van der Waals surface area contributed by atoms with Crippen LogP contribution in [0.2, 0.25) is 0 Å². The van der Waals surface area contributed by atoms with Crippen molar-refractivity contribution in [2.24, 2.45) is 7.05 Å². The highest BCUT2D eigenvalue weighted by Crippen LogP contribution is 2.35. The number of aromatic nitrogens is 6. The lowest BCUT2D eigenvalue weighted by Crippen LogP contribution is -2.36. The van der Waals surface area contributed by atoms with Gasteiger partial charge in [0.25, 0.3) is 0 Å². The van der Waals surface area contributed by atoms with E-state index in [1.165, 1.54) is 5.56 Å². The molecule has 23 heavy (non-hydrogen) atoms. The Morgan fingerprint density at radius 2 is 2.22 bits per heavy atom. The number of fused-ring (bicyclic) bond motifs is 1. The molecule has 1 saturated heterocycles. The summed E-state index contributed by atoms with van der Waals surface area (Å²) < 4.78 is 3.91. The molecule has 1 atom stereocenters. The Balaban J connectivity index is 1.79. The average Bonchev–Trinajstić information content (AvgIpc) is 3.20. The number of thioether (sulfide) groups is 1. The molecule has 1 aliphatic heterocycles. The van der Waals surface area contributed by atoms with Gasteiger partial charge in [0, 0.05) is 43.4 Å². The lowest BCUT2D eigenvalue weighted by Gasteiger charge is -2.35. The van der Waals surface area contributed by atoms with Crippen LogP contribution in [-0.4, -0.2) is 47.3 Å². The molecule has 120 valence electrons. The first-order chi connectivity index (χ1) is 11.3. The van der Waals surface area contributed by atoms with Crippen LogP contribution >= 0.6 is 11.8 Å². The zero-order valence-electron chi connectivity index (χ0n) is 13.3. The summed E-state index contributed by atoms with van der Waals surface area (Å²) in [6.07, 6.45) is 7.54. The minimum atomic E-state index is 0.271. The van der Waals surface area contributed by atoms with Gasteiger partial charge in [-0.3, -0.25) is 4.68 Å². The fourth-order valence-corrected chi connectivity index (χ4v) is 4.14. The van der Waals surface area contributed by atoms with Crippen molar-refractivity contribution in [2.75, 3.05) is 23.0 Å². The molecule has 0 aromatic carbocycles. The molecule has 4 rings (SSSR count). The van der Waals surface area contributed by atoms with Crippen molar-refractivity contribution in [3.63, 3.8) is 0 Å². The van der Waals surface area contributed by atoms with Gasteiger partial charge in [-0.05, 0) is 6.92 Å². The van der Waals surface area contributed by atoms with Gasteiger partial charge in [0.15, 0.2) is 17.0 Å². The summed E-state index contributed by atoms with van der Waals surface area (Å²) in [6.45, 7) is 3.91. The molecule has 8 heteroatoms. The van der Waals surface area contributed by atoms with Gasteiger partial charge in [0.05, 0.1) is 18.6 Å². The zero-order chi connectivity index (χ0) is 15.8. The van der Waals surface area contributed by atoms with Gasteiger partial charge in [-0.15, -0.1) is 0 Å². The second-order valence-electron chi connectivity index (χ2n) is 5.63. The lowest BCUT2D eigenvalue weighted by atomic mass is 10.1. The van der Waals surface area contributed by atoms with E-state index in [0.717, 1.165) is 41.6 Å². The molecule has 7 nitrogen and oxygen atoms in total. The maximum absolute atomic E-state index is 4.57. The average molecular weight is 329 g/mol. The Morgan fingerprint density at radius 1 is 1.30 bits per heavy atom. The summed E-state index contributed by atoms with van der Waals surface area (Å²) in [6, 6.07) is 0.271. The van der Waals surface area contributed by atoms with E-state index in [1.54, 1.807) is 6.33 Å². The highest BCUT2D eigenvalue weighted by molar-refractivity contribution is 7.99. The number of imidazole rings is 1. The number of aryl methyl sites for hydroxylation is 2. The molecule has 1 aliphatic rings. The Labute approximate surface area is 138 Å². The van der Waals surface area contributed by atoms with Crippen molar-refractivity contribution in [2.45, 2.75) is 19.5 Å². The van der Waals surface area contributed by atoms with Crippen LogP contribution in [0.15, 0.2) is 25.0 Å². The summed E-state index contributed by atoms with van der Waals surface area (Å²) >= 11 is 1.97. The van der Waals surface area contributed by atoms with Crippen molar-refractivity contribution in [1.29, 1.82) is 0 Å². The van der Waals surface area contributed by atoms with Crippen molar-refractivity contribution in [3.8, 4) is 0 Å². The van der Waals surface area contributed by atoms with Crippen LogP contribution in [0.1, 0.15) is 18.5 Å². The van der Waals surface area contributed by atoms with E-state index in [0.29, 0.717) is 0 Å². The lowest BCUT2D eigenvalue weighted by molar-refractivity contribution is 0.676. The molecular formula is C15H19N7S. The maximum atomic E-state index is 4.57. The van der Waals surface area contributed by atoms with Crippen molar-refractivity contribution < 1.29 is 0 Å². The number of nitrogens with zero attached hydrogens (tertiary/aromatic N) is 7. The Hall–Kier alpha value is -2.09. The smallest absolute Gasteiger partial charge is 0.165 e. The van der Waals surface area contributed by atoms with E-state index in [9.17, 15) is 0 Å². The molecule has 0 aliphatic carbocycles. The molecule has 1 unspecified atom stereocenters. The first kappa shape index (κ1) is 14.5. The molecule has 1 fully saturated rings. The van der Waals surface area contributed by atoms with Gasteiger partial charge in [-0.25, -0.2) is 15.0 Å². The zero-order valence-corrected chi connectivity index (χ0v) is 14.1. The van der Waals surface area contributed by atoms with Crippen molar-refractivity contribution in [1.82, 2.24) is 29.3 Å². The minimum Gasteiger partial charge on any atom is -0.346 e. The van der Waals surface area contributed by atoms with Gasteiger partial charge >= 0.3 is 0 Å². The predicted molar refractivity (Wildman–Crippen MR) is 91.6 cm³/mol. The maximum Gasteiger partial charge on any atom is 0.165 e. The molecule has 4 heterocycles. The minimum absolute atomic E-state index is 0.271. The molecule has 0 amide bonds. The third kappa shape index (κ3) is 2.46. The molecule has 3 aromatic rings. The summed E-state index contributed by atoms with van der Waals surface area (Å²) in [4.78, 5) is 15.9. The van der Waals surface area contributed by atoms with Gasteiger partial charge < -0.3 is 9.47 Å². The first-order valence-corrected chi connectivity index (χ1v) is 8.92. The van der Waals surface area contributed by atoms with E-state index in [4.69, 9.17) is 0 Å². The third-order valence-electron chi connectivity index (χ3n) is 4.23. The number of anilines is 1. The highest BCUT2D eigenvalue weighted by atomic mass is 32.2. The van der Waals surface area contributed by atoms with Crippen molar-refractivity contribution in [3.05, 3.63) is 30.6 Å². The van der Waals surface area contributed by atoms with E-state index >= 15 is 0 Å². The van der Waals surface area contributed by atoms with Gasteiger partial charge in [-0.1, -0.05) is 0 Å². The van der Waals surface area contributed by atoms with E-state index in [-0.39, 0.29) is 6.04 Å². The topological polar surface area (TPSA) is 64.7 Å². The monoisotopic (exact) mass is 329 g/mol. The quantitative estimate of drug-likeness (QED) is 0.731. The molecule has 0 spiro atoms. The first-order valence-electron chi connectivity index (χ1n) is 7.76. The van der Waals surface area contributed by atoms with Crippen LogP contribution in [-0.2, 0) is 13.6 Å². The number of hydrogen-bond acceptors (Lipinski definition) is 6. The Morgan fingerprint density at radius 3 is 3.00 bits per heavy atom. The van der Waals surface area contributed by atoms with Gasteiger partial charge in [-0.2, -0.15) is 16.9 Å². The fraction of sp³-hybridized carbons (Fsp3) is 0.467. The predicted octanol–water partition coefficient (Wildman–Crippen LogP) is 1.87. The van der Waals surface area contributed by atoms with Crippen LogP contribution in [0.25, 0.3) is 11.2 Å². The second kappa shape index (κ2) is 5.84. The highest BCUT2D eigenvalue weighted by Gasteiger charge is 2.28. The van der Waals surface area contributed by atoms with Crippen LogP contribution in [0.3, 0.4) is 0 Å². The molecule has 0 saturated carbocycles. The second-order valence-corrected chi connectivity index (χ2v) is 6.78. The summed E-state index contributed by atoms with van der Waals surface area (Å²) in [5.74, 6) is 3.05. The summed E-state index contributed by atoms with van der Waals surface area (Å²) in [7, 11) is 1.95. The van der Waals surface area contributed by atoms with Crippen molar-refractivity contribution >= 4 is 28.7 Å². The molecule has 3 aromatic heterocycles. The SMILES string of the molecule is CCn1cnc2c(N3CCSCC3c3cnn(C)c3)ncnc21. The fourth-order valence-electron chi connectivity index (χ4n) is 3.06. The largest absolute Gasteiger partial charge is 0.346 e. The summed E-state index contributed by atoms with van der Waals surface area (Å²) in [5.41, 5.74) is 3.01. The van der Waals surface area contributed by atoms with Crippen LogP contribution in [0, 0.1) is 0 Å². The number of rotatable bonds is 3. The Kier molecular flexibility index (Phi) is 3.68. The Bertz CT molecular complexity index is 824. The van der Waals surface area contributed by atoms with Crippen LogP contribution < -0.4 is 4.90 Å². The molecule has 0 bridgehead atoms. The van der Waals surface area contributed by atoms with E-state index < -0.39 is 0 Å². The van der Waals surface area contributed by atoms with E-state index in [2.05, 4.69) is 42.6 Å². The molecule has 0 radical (unpaired) electrons. The van der Waals surface area contributed by atoms with Gasteiger partial charge in [0.2, 0.25) is 0 Å². The normalized spacial score (nSPS) is 18.7. The van der Waals surface area contributed by atoms with Crippen LogP contribution in [0.4, 0.5) is 5.82 Å².